The van der Waals surface area contributed by atoms with Crippen molar-refractivity contribution in [2.24, 2.45) is 0 Å². The molecule has 0 amide bonds. The van der Waals surface area contributed by atoms with Crippen molar-refractivity contribution in [1.29, 1.82) is 0 Å². The summed E-state index contributed by atoms with van der Waals surface area (Å²) in [7, 11) is 0. The van der Waals surface area contributed by atoms with Crippen LogP contribution < -0.4 is 5.69 Å². The van der Waals surface area contributed by atoms with Crippen LogP contribution in [0.15, 0.2) is 23.0 Å². The quantitative estimate of drug-likeness (QED) is 0.847. The molecule has 17 heavy (non-hydrogen) atoms. The van der Waals surface area contributed by atoms with Crippen molar-refractivity contribution in [1.82, 2.24) is 9.55 Å². The van der Waals surface area contributed by atoms with Crippen molar-refractivity contribution in [3.8, 4) is 0 Å². The maximum atomic E-state index is 11.7. The van der Waals surface area contributed by atoms with Crippen molar-refractivity contribution in [3.05, 3.63) is 34.2 Å². The van der Waals surface area contributed by atoms with Crippen LogP contribution in [-0.4, -0.2) is 20.6 Å². The first kappa shape index (κ1) is 11.4. The molecule has 0 saturated carbocycles. The lowest BCUT2D eigenvalue weighted by Crippen LogP contribution is -2.16. The van der Waals surface area contributed by atoms with Gasteiger partial charge in [-0.2, -0.15) is 0 Å². The molecule has 0 aliphatic rings. The summed E-state index contributed by atoms with van der Waals surface area (Å²) in [6.45, 7) is 2.71. The summed E-state index contributed by atoms with van der Waals surface area (Å²) in [5.41, 5.74) is 1.33. The number of rotatable bonds is 4. The number of fused-ring (bicyclic) bond motifs is 1. The van der Waals surface area contributed by atoms with Crippen LogP contribution in [0.1, 0.15) is 30.1 Å². The molecule has 0 aliphatic heterocycles. The molecule has 1 aromatic heterocycles. The second-order valence-corrected chi connectivity index (χ2v) is 3.97. The summed E-state index contributed by atoms with van der Waals surface area (Å²) < 4.78 is 1.64. The molecule has 0 spiro atoms. The van der Waals surface area contributed by atoms with Crippen LogP contribution in [-0.2, 0) is 6.54 Å². The number of carboxylic acid groups (broad SMARTS) is 1. The molecule has 0 radical (unpaired) electrons. The van der Waals surface area contributed by atoms with E-state index >= 15 is 0 Å². The Hall–Kier alpha value is -2.04. The second-order valence-electron chi connectivity index (χ2n) is 3.97. The SMILES string of the molecule is CCCCn1c(=O)[nH]c2cc(C(=O)O)ccc21. The van der Waals surface area contributed by atoms with Crippen LogP contribution in [0.5, 0.6) is 0 Å². The molecule has 5 nitrogen and oxygen atoms in total. The van der Waals surface area contributed by atoms with Gasteiger partial charge in [0.15, 0.2) is 0 Å². The van der Waals surface area contributed by atoms with E-state index in [0.717, 1.165) is 18.4 Å². The molecule has 0 fully saturated rings. The van der Waals surface area contributed by atoms with Gasteiger partial charge in [-0.05, 0) is 24.6 Å². The van der Waals surface area contributed by atoms with Crippen LogP contribution in [0.3, 0.4) is 0 Å². The van der Waals surface area contributed by atoms with Gasteiger partial charge in [0.25, 0.3) is 0 Å². The average molecular weight is 234 g/mol. The van der Waals surface area contributed by atoms with Gasteiger partial charge in [-0.25, -0.2) is 9.59 Å². The minimum Gasteiger partial charge on any atom is -0.478 e. The Kier molecular flexibility index (Phi) is 2.99. The topological polar surface area (TPSA) is 75.1 Å². The molecule has 0 unspecified atom stereocenters. The second kappa shape index (κ2) is 4.45. The molecule has 2 rings (SSSR count). The van der Waals surface area contributed by atoms with E-state index in [-0.39, 0.29) is 11.3 Å². The zero-order valence-electron chi connectivity index (χ0n) is 9.56. The van der Waals surface area contributed by atoms with Gasteiger partial charge < -0.3 is 10.1 Å². The Morgan fingerprint density at radius 2 is 2.24 bits per heavy atom. The van der Waals surface area contributed by atoms with E-state index in [1.165, 1.54) is 12.1 Å². The van der Waals surface area contributed by atoms with E-state index in [0.29, 0.717) is 12.1 Å². The van der Waals surface area contributed by atoms with E-state index in [1.807, 2.05) is 0 Å². The highest BCUT2D eigenvalue weighted by molar-refractivity contribution is 5.92. The molecular weight excluding hydrogens is 220 g/mol. The molecule has 5 heteroatoms. The first-order chi connectivity index (χ1) is 8.13. The molecule has 0 atom stereocenters. The van der Waals surface area contributed by atoms with Gasteiger partial charge in [0.05, 0.1) is 16.6 Å². The molecule has 1 aromatic carbocycles. The lowest BCUT2D eigenvalue weighted by molar-refractivity contribution is 0.0697. The number of H-pyrrole nitrogens is 1. The molecule has 0 saturated heterocycles. The number of nitrogens with zero attached hydrogens (tertiary/aromatic N) is 1. The highest BCUT2D eigenvalue weighted by Crippen LogP contribution is 2.13. The Bertz CT molecular complexity index is 610. The molecule has 0 bridgehead atoms. The number of nitrogens with one attached hydrogen (secondary N) is 1. The Balaban J connectivity index is 2.52. The van der Waals surface area contributed by atoms with Gasteiger partial charge in [0.2, 0.25) is 0 Å². The Morgan fingerprint density at radius 3 is 2.88 bits per heavy atom. The molecule has 90 valence electrons. The first-order valence-electron chi connectivity index (χ1n) is 5.59. The third-order valence-corrected chi connectivity index (χ3v) is 2.76. The number of unbranched alkanes of at least 4 members (excludes halogenated alkanes) is 1. The number of aromatic amines is 1. The lowest BCUT2D eigenvalue weighted by Gasteiger charge is -2.01. The highest BCUT2D eigenvalue weighted by Gasteiger charge is 2.09. The number of aromatic nitrogens is 2. The zero-order valence-corrected chi connectivity index (χ0v) is 9.56. The third-order valence-electron chi connectivity index (χ3n) is 2.76. The van der Waals surface area contributed by atoms with Gasteiger partial charge in [-0.3, -0.25) is 4.57 Å². The number of carbonyl (C=O) groups is 1. The number of aryl methyl sites for hydroxylation is 1. The average Bonchev–Trinajstić information content (AvgIpc) is 2.61. The van der Waals surface area contributed by atoms with Crippen molar-refractivity contribution >= 4 is 17.0 Å². The number of aromatic carboxylic acids is 1. The predicted octanol–water partition coefficient (Wildman–Crippen LogP) is 1.83. The summed E-state index contributed by atoms with van der Waals surface area (Å²) in [6, 6.07) is 4.67. The number of benzene rings is 1. The van der Waals surface area contributed by atoms with Crippen LogP contribution in [0.25, 0.3) is 11.0 Å². The maximum absolute atomic E-state index is 11.7. The summed E-state index contributed by atoms with van der Waals surface area (Å²) in [6.07, 6.45) is 1.93. The molecule has 1 heterocycles. The number of hydrogen-bond acceptors (Lipinski definition) is 2. The van der Waals surface area contributed by atoms with Gasteiger partial charge in [0.1, 0.15) is 0 Å². The monoisotopic (exact) mass is 234 g/mol. The molecule has 2 aromatic rings. The van der Waals surface area contributed by atoms with E-state index in [4.69, 9.17) is 5.11 Å². The smallest absolute Gasteiger partial charge is 0.335 e. The van der Waals surface area contributed by atoms with Gasteiger partial charge in [-0.1, -0.05) is 13.3 Å². The fourth-order valence-electron chi connectivity index (χ4n) is 1.83. The van der Waals surface area contributed by atoms with Crippen molar-refractivity contribution in [2.75, 3.05) is 0 Å². The highest BCUT2D eigenvalue weighted by atomic mass is 16.4. The predicted molar refractivity (Wildman–Crippen MR) is 64.4 cm³/mol. The van der Waals surface area contributed by atoms with Gasteiger partial charge >= 0.3 is 11.7 Å². The minimum atomic E-state index is -0.992. The van der Waals surface area contributed by atoms with Crippen LogP contribution in [0, 0.1) is 0 Å². The van der Waals surface area contributed by atoms with E-state index in [2.05, 4.69) is 11.9 Å². The summed E-state index contributed by atoms with van der Waals surface area (Å²) in [5.74, 6) is -0.992. The van der Waals surface area contributed by atoms with E-state index in [1.54, 1.807) is 10.6 Å². The standard InChI is InChI=1S/C12H14N2O3/c1-2-3-6-14-10-5-4-8(11(15)16)7-9(10)13-12(14)17/h4-5,7H,2-3,6H2,1H3,(H,13,17)(H,15,16). The number of imidazole rings is 1. The van der Waals surface area contributed by atoms with Gasteiger partial charge in [0, 0.05) is 6.54 Å². The zero-order chi connectivity index (χ0) is 12.4. The molecular formula is C12H14N2O3. The van der Waals surface area contributed by atoms with Crippen molar-refractivity contribution in [2.45, 2.75) is 26.3 Å². The van der Waals surface area contributed by atoms with E-state index < -0.39 is 5.97 Å². The van der Waals surface area contributed by atoms with Crippen LogP contribution in [0.4, 0.5) is 0 Å². The Morgan fingerprint density at radius 1 is 1.47 bits per heavy atom. The molecule has 0 aliphatic carbocycles. The fourth-order valence-corrected chi connectivity index (χ4v) is 1.83. The first-order valence-corrected chi connectivity index (χ1v) is 5.59. The minimum absolute atomic E-state index is 0.182. The normalized spacial score (nSPS) is 10.9. The number of hydrogen-bond donors (Lipinski definition) is 2. The van der Waals surface area contributed by atoms with Gasteiger partial charge in [-0.15, -0.1) is 0 Å². The van der Waals surface area contributed by atoms with Crippen molar-refractivity contribution in [3.63, 3.8) is 0 Å². The summed E-state index contributed by atoms with van der Waals surface area (Å²) in [5, 5.41) is 8.86. The van der Waals surface area contributed by atoms with Crippen molar-refractivity contribution < 1.29 is 9.90 Å². The summed E-state index contributed by atoms with van der Waals surface area (Å²) >= 11 is 0. The largest absolute Gasteiger partial charge is 0.478 e. The third kappa shape index (κ3) is 2.08. The molecule has 2 N–H and O–H groups in total. The fraction of sp³-hybridized carbons (Fsp3) is 0.333. The Labute approximate surface area is 97.7 Å². The van der Waals surface area contributed by atoms with Crippen LogP contribution in [0.2, 0.25) is 0 Å². The van der Waals surface area contributed by atoms with Crippen LogP contribution >= 0.6 is 0 Å². The maximum Gasteiger partial charge on any atom is 0.335 e. The number of carboxylic acids is 1. The summed E-state index contributed by atoms with van der Waals surface area (Å²) in [4.78, 5) is 25.2. The lowest BCUT2D eigenvalue weighted by atomic mass is 10.2. The van der Waals surface area contributed by atoms with E-state index in [9.17, 15) is 9.59 Å².